The van der Waals surface area contributed by atoms with Gasteiger partial charge in [-0.05, 0) is 25.3 Å². The molecule has 2 fully saturated rings. The van der Waals surface area contributed by atoms with Crippen LogP contribution < -0.4 is 0 Å². The van der Waals surface area contributed by atoms with Crippen molar-refractivity contribution in [2.24, 2.45) is 0 Å². The van der Waals surface area contributed by atoms with E-state index in [4.69, 9.17) is 23.2 Å². The maximum atomic E-state index is 12.5. The first kappa shape index (κ1) is 16.0. The van der Waals surface area contributed by atoms with Gasteiger partial charge in [0.15, 0.2) is 0 Å². The molecule has 0 aromatic carbocycles. The maximum Gasteiger partial charge on any atom is 0.257 e. The third kappa shape index (κ3) is 3.23. The van der Waals surface area contributed by atoms with Gasteiger partial charge in [0.25, 0.3) is 5.91 Å². The van der Waals surface area contributed by atoms with E-state index in [1.165, 1.54) is 12.3 Å². The fourth-order valence-corrected chi connectivity index (χ4v) is 3.79. The Bertz CT molecular complexity index is 562. The van der Waals surface area contributed by atoms with E-state index in [0.29, 0.717) is 23.7 Å². The monoisotopic (exact) mass is 343 g/mol. The van der Waals surface area contributed by atoms with Gasteiger partial charge in [0.2, 0.25) is 0 Å². The molecule has 7 heteroatoms. The van der Waals surface area contributed by atoms with E-state index in [9.17, 15) is 9.90 Å². The lowest BCUT2D eigenvalue weighted by Gasteiger charge is -2.39. The predicted molar refractivity (Wildman–Crippen MR) is 85.4 cm³/mol. The average Bonchev–Trinajstić information content (AvgIpc) is 2.93. The van der Waals surface area contributed by atoms with Crippen LogP contribution in [0.2, 0.25) is 10.2 Å². The second kappa shape index (κ2) is 6.71. The zero-order valence-electron chi connectivity index (χ0n) is 12.2. The Morgan fingerprint density at radius 1 is 1.23 bits per heavy atom. The van der Waals surface area contributed by atoms with Crippen LogP contribution in [0.4, 0.5) is 0 Å². The number of aromatic nitrogens is 1. The summed E-state index contributed by atoms with van der Waals surface area (Å²) >= 11 is 11.8. The molecule has 1 aromatic rings. The van der Waals surface area contributed by atoms with Gasteiger partial charge in [-0.3, -0.25) is 9.69 Å². The quantitative estimate of drug-likeness (QED) is 0.835. The van der Waals surface area contributed by atoms with Crippen molar-refractivity contribution in [3.63, 3.8) is 0 Å². The molecule has 2 unspecified atom stereocenters. The molecule has 1 saturated heterocycles. The first-order chi connectivity index (χ1) is 10.6. The van der Waals surface area contributed by atoms with Crippen LogP contribution in [0.25, 0.3) is 0 Å². The van der Waals surface area contributed by atoms with Crippen LogP contribution in [0.15, 0.2) is 12.3 Å². The molecule has 5 nitrogen and oxygen atoms in total. The fourth-order valence-electron chi connectivity index (χ4n) is 3.34. The molecular weight excluding hydrogens is 325 g/mol. The largest absolute Gasteiger partial charge is 0.391 e. The average molecular weight is 344 g/mol. The predicted octanol–water partition coefficient (Wildman–Crippen LogP) is 2.06. The van der Waals surface area contributed by atoms with E-state index in [1.54, 1.807) is 4.90 Å². The Morgan fingerprint density at radius 3 is 2.55 bits per heavy atom. The number of hydrogen-bond acceptors (Lipinski definition) is 4. The summed E-state index contributed by atoms with van der Waals surface area (Å²) in [6.07, 6.45) is 4.21. The van der Waals surface area contributed by atoms with Gasteiger partial charge >= 0.3 is 0 Å². The third-order valence-electron chi connectivity index (χ3n) is 4.56. The van der Waals surface area contributed by atoms with Crippen molar-refractivity contribution in [2.75, 3.05) is 26.2 Å². The van der Waals surface area contributed by atoms with Crippen LogP contribution >= 0.6 is 23.2 Å². The number of halogens is 2. The van der Waals surface area contributed by atoms with E-state index >= 15 is 0 Å². The van der Waals surface area contributed by atoms with Crippen molar-refractivity contribution in [3.8, 4) is 0 Å². The highest BCUT2D eigenvalue weighted by Gasteiger charge is 2.33. The number of nitrogens with zero attached hydrogens (tertiary/aromatic N) is 3. The third-order valence-corrected chi connectivity index (χ3v) is 5.08. The number of piperazine rings is 1. The van der Waals surface area contributed by atoms with Crippen LogP contribution in [0.1, 0.15) is 29.6 Å². The summed E-state index contributed by atoms with van der Waals surface area (Å²) in [4.78, 5) is 20.5. The van der Waals surface area contributed by atoms with E-state index in [-0.39, 0.29) is 23.2 Å². The summed E-state index contributed by atoms with van der Waals surface area (Å²) in [6.45, 7) is 2.85. The molecule has 0 spiro atoms. The maximum absolute atomic E-state index is 12.5. The second-order valence-electron chi connectivity index (χ2n) is 5.88. The summed E-state index contributed by atoms with van der Waals surface area (Å²) in [5.41, 5.74) is 0.389. The van der Waals surface area contributed by atoms with Gasteiger partial charge in [0, 0.05) is 38.4 Å². The van der Waals surface area contributed by atoms with E-state index in [2.05, 4.69) is 9.88 Å². The Labute approximate surface area is 139 Å². The number of carbonyl (C=O) groups excluding carboxylic acids is 1. The van der Waals surface area contributed by atoms with Gasteiger partial charge in [0.1, 0.15) is 5.15 Å². The van der Waals surface area contributed by atoms with Gasteiger partial charge < -0.3 is 10.0 Å². The summed E-state index contributed by atoms with van der Waals surface area (Å²) in [5.74, 6) is -0.110. The smallest absolute Gasteiger partial charge is 0.257 e. The Hall–Kier alpha value is -0.880. The number of amides is 1. The number of aliphatic hydroxyl groups is 1. The Morgan fingerprint density at radius 2 is 1.95 bits per heavy atom. The van der Waals surface area contributed by atoms with E-state index < -0.39 is 0 Å². The molecule has 1 N–H and O–H groups in total. The SMILES string of the molecule is O=C(c1cnc(Cl)cc1Cl)N1CCN(C2CCCC2O)CC1. The van der Waals surface area contributed by atoms with Crippen molar-refractivity contribution >= 4 is 29.1 Å². The number of rotatable bonds is 2. The minimum Gasteiger partial charge on any atom is -0.391 e. The van der Waals surface area contributed by atoms with Crippen LogP contribution in [0.3, 0.4) is 0 Å². The summed E-state index contributed by atoms with van der Waals surface area (Å²) in [7, 11) is 0. The molecule has 2 aliphatic rings. The summed E-state index contributed by atoms with van der Waals surface area (Å²) < 4.78 is 0. The molecule has 1 aromatic heterocycles. The van der Waals surface area contributed by atoms with Crippen molar-refractivity contribution in [3.05, 3.63) is 28.0 Å². The first-order valence-corrected chi connectivity index (χ1v) is 8.34. The van der Waals surface area contributed by atoms with Gasteiger partial charge in [-0.2, -0.15) is 0 Å². The molecule has 120 valence electrons. The lowest BCUT2D eigenvalue weighted by atomic mass is 10.1. The molecule has 2 heterocycles. The van der Waals surface area contributed by atoms with Gasteiger partial charge in [0.05, 0.1) is 16.7 Å². The van der Waals surface area contributed by atoms with Crippen molar-refractivity contribution in [2.45, 2.75) is 31.4 Å². The molecular formula is C15H19Cl2N3O2. The number of hydrogen-bond donors (Lipinski definition) is 1. The van der Waals surface area contributed by atoms with Gasteiger partial charge in [-0.25, -0.2) is 4.98 Å². The zero-order valence-corrected chi connectivity index (χ0v) is 13.7. The van der Waals surface area contributed by atoms with Crippen LogP contribution in [-0.4, -0.2) is 64.1 Å². The normalized spacial score (nSPS) is 26.4. The summed E-state index contributed by atoms with van der Waals surface area (Å²) in [6, 6.07) is 1.74. The number of carbonyl (C=O) groups is 1. The molecule has 3 rings (SSSR count). The van der Waals surface area contributed by atoms with Crippen molar-refractivity contribution < 1.29 is 9.90 Å². The highest BCUT2D eigenvalue weighted by atomic mass is 35.5. The minimum absolute atomic E-state index is 0.110. The van der Waals surface area contributed by atoms with Crippen molar-refractivity contribution in [1.82, 2.24) is 14.8 Å². The molecule has 1 aliphatic carbocycles. The topological polar surface area (TPSA) is 56.7 Å². The highest BCUT2D eigenvalue weighted by Crippen LogP contribution is 2.26. The fraction of sp³-hybridized carbons (Fsp3) is 0.600. The Kier molecular flexibility index (Phi) is 4.88. The molecule has 2 atom stereocenters. The second-order valence-corrected chi connectivity index (χ2v) is 6.68. The molecule has 0 bridgehead atoms. The Balaban J connectivity index is 1.62. The first-order valence-electron chi connectivity index (χ1n) is 7.58. The number of aliphatic hydroxyl groups excluding tert-OH is 1. The molecule has 1 aliphatic heterocycles. The molecule has 1 saturated carbocycles. The highest BCUT2D eigenvalue weighted by molar-refractivity contribution is 6.36. The molecule has 22 heavy (non-hydrogen) atoms. The molecule has 0 radical (unpaired) electrons. The van der Waals surface area contributed by atoms with Gasteiger partial charge in [-0.15, -0.1) is 0 Å². The molecule has 1 amide bonds. The zero-order chi connectivity index (χ0) is 15.7. The van der Waals surface area contributed by atoms with Crippen LogP contribution in [-0.2, 0) is 0 Å². The lowest BCUT2D eigenvalue weighted by Crippen LogP contribution is -2.53. The standard InChI is InChI=1S/C15H19Cl2N3O2/c16-11-8-14(17)18-9-10(11)15(22)20-6-4-19(5-7-20)12-2-1-3-13(12)21/h8-9,12-13,21H,1-7H2. The van der Waals surface area contributed by atoms with E-state index in [0.717, 1.165) is 32.4 Å². The van der Waals surface area contributed by atoms with Crippen molar-refractivity contribution in [1.29, 1.82) is 0 Å². The minimum atomic E-state index is -0.225. The summed E-state index contributed by atoms with van der Waals surface area (Å²) in [5, 5.41) is 10.6. The van der Waals surface area contributed by atoms with Gasteiger partial charge in [-0.1, -0.05) is 23.2 Å². The lowest BCUT2D eigenvalue weighted by molar-refractivity contribution is 0.0315. The van der Waals surface area contributed by atoms with Crippen LogP contribution in [0.5, 0.6) is 0 Å². The number of pyridine rings is 1. The van der Waals surface area contributed by atoms with Crippen LogP contribution in [0, 0.1) is 0 Å². The van der Waals surface area contributed by atoms with E-state index in [1.807, 2.05) is 0 Å².